The Morgan fingerprint density at radius 1 is 1.12 bits per heavy atom. The number of benzene rings is 2. The van der Waals surface area contributed by atoms with Gasteiger partial charge in [-0.15, -0.1) is 0 Å². The molecule has 0 fully saturated rings. The Balaban J connectivity index is 1.83. The zero-order valence-corrected chi connectivity index (χ0v) is 14.9. The largest absolute Gasteiger partial charge is 0.452 e. The highest BCUT2D eigenvalue weighted by atomic mass is 35.5. The summed E-state index contributed by atoms with van der Waals surface area (Å²) >= 11 is 11.6. The predicted octanol–water partition coefficient (Wildman–Crippen LogP) is 3.42. The lowest BCUT2D eigenvalue weighted by Gasteiger charge is -2.07. The molecular weight excluding hydrogens is 383 g/mol. The molecule has 0 saturated heterocycles. The number of ether oxygens (including phenoxy) is 1. The second-order valence-electron chi connectivity index (χ2n) is 5.22. The van der Waals surface area contributed by atoms with Gasteiger partial charge < -0.3 is 10.1 Å². The third kappa shape index (κ3) is 5.72. The van der Waals surface area contributed by atoms with E-state index < -0.39 is 29.1 Å². The molecule has 0 aliphatic carbocycles. The number of rotatable bonds is 7. The molecule has 2 aromatic rings. The van der Waals surface area contributed by atoms with Crippen LogP contribution in [0.15, 0.2) is 42.5 Å². The Labute approximate surface area is 159 Å². The topological polar surface area (TPSA) is 98.5 Å². The number of carbonyl (C=O) groups is 2. The molecular formula is C17H14Cl2N2O5. The summed E-state index contributed by atoms with van der Waals surface area (Å²) in [6, 6.07) is 10.8. The summed E-state index contributed by atoms with van der Waals surface area (Å²) in [6.07, 6.45) is 0.558. The number of carbonyl (C=O) groups excluding carboxylic acids is 2. The van der Waals surface area contributed by atoms with Gasteiger partial charge in [0, 0.05) is 22.7 Å². The van der Waals surface area contributed by atoms with Crippen LogP contribution < -0.4 is 5.32 Å². The van der Waals surface area contributed by atoms with Crippen molar-refractivity contribution in [3.05, 3.63) is 73.8 Å². The summed E-state index contributed by atoms with van der Waals surface area (Å²) in [5.74, 6) is -1.49. The normalized spacial score (nSPS) is 10.2. The van der Waals surface area contributed by atoms with Crippen molar-refractivity contribution in [2.45, 2.75) is 6.42 Å². The number of nitro benzene ring substituents is 1. The van der Waals surface area contributed by atoms with E-state index in [0.717, 1.165) is 11.6 Å². The van der Waals surface area contributed by atoms with Gasteiger partial charge in [-0.05, 0) is 36.2 Å². The zero-order chi connectivity index (χ0) is 19.1. The Bertz CT molecular complexity index is 842. The molecule has 136 valence electrons. The van der Waals surface area contributed by atoms with Gasteiger partial charge in [-0.25, -0.2) is 4.79 Å². The molecule has 2 rings (SSSR count). The smallest absolute Gasteiger partial charge is 0.345 e. The standard InChI is InChI=1S/C17H14Cl2N2O5/c18-12-3-1-2-11(8-12)6-7-20-16(22)10-26-17(23)14-5-4-13(19)9-15(14)21(24)25/h1-5,8-9H,6-7,10H2,(H,20,22). The number of nitrogens with zero attached hydrogens (tertiary/aromatic N) is 1. The highest BCUT2D eigenvalue weighted by Crippen LogP contribution is 2.23. The molecule has 2 aromatic carbocycles. The first-order valence-corrected chi connectivity index (χ1v) is 8.24. The van der Waals surface area contributed by atoms with Crippen LogP contribution in [0.2, 0.25) is 10.0 Å². The van der Waals surface area contributed by atoms with Gasteiger partial charge in [-0.3, -0.25) is 14.9 Å². The molecule has 0 spiro atoms. The average Bonchev–Trinajstić information content (AvgIpc) is 2.59. The van der Waals surface area contributed by atoms with Crippen LogP contribution in [-0.2, 0) is 16.0 Å². The minimum atomic E-state index is -0.974. The van der Waals surface area contributed by atoms with Crippen LogP contribution in [0.5, 0.6) is 0 Å². The molecule has 9 heteroatoms. The number of amides is 1. The minimum absolute atomic E-state index is 0.118. The molecule has 0 atom stereocenters. The first kappa shape index (κ1) is 19.7. The van der Waals surface area contributed by atoms with Gasteiger partial charge in [0.1, 0.15) is 5.56 Å². The first-order chi connectivity index (χ1) is 12.4. The summed E-state index contributed by atoms with van der Waals surface area (Å²) < 4.78 is 4.82. The first-order valence-electron chi connectivity index (χ1n) is 7.49. The van der Waals surface area contributed by atoms with E-state index in [9.17, 15) is 19.7 Å². The minimum Gasteiger partial charge on any atom is -0.452 e. The van der Waals surface area contributed by atoms with Gasteiger partial charge in [-0.1, -0.05) is 35.3 Å². The summed E-state index contributed by atoms with van der Waals surface area (Å²) in [6.45, 7) is -0.216. The lowest BCUT2D eigenvalue weighted by molar-refractivity contribution is -0.385. The number of halogens is 2. The molecule has 1 N–H and O–H groups in total. The number of esters is 1. The molecule has 0 aliphatic rings. The van der Waals surface area contributed by atoms with Crippen LogP contribution in [-0.4, -0.2) is 30.0 Å². The van der Waals surface area contributed by atoms with E-state index in [1.165, 1.54) is 12.1 Å². The lowest BCUT2D eigenvalue weighted by Crippen LogP contribution is -2.30. The van der Waals surface area contributed by atoms with Crippen LogP contribution in [0.4, 0.5) is 5.69 Å². The van der Waals surface area contributed by atoms with Crippen LogP contribution in [0.3, 0.4) is 0 Å². The predicted molar refractivity (Wildman–Crippen MR) is 96.6 cm³/mol. The van der Waals surface area contributed by atoms with E-state index in [2.05, 4.69) is 5.32 Å². The van der Waals surface area contributed by atoms with Crippen molar-refractivity contribution in [1.82, 2.24) is 5.32 Å². The van der Waals surface area contributed by atoms with Crippen LogP contribution in [0, 0.1) is 10.1 Å². The number of hydrogen-bond donors (Lipinski definition) is 1. The maximum Gasteiger partial charge on any atom is 0.345 e. The maximum atomic E-state index is 12.0. The Morgan fingerprint density at radius 3 is 2.54 bits per heavy atom. The van der Waals surface area contributed by atoms with Gasteiger partial charge in [-0.2, -0.15) is 0 Å². The molecule has 0 heterocycles. The van der Waals surface area contributed by atoms with Crippen molar-refractivity contribution in [3.8, 4) is 0 Å². The van der Waals surface area contributed by atoms with E-state index >= 15 is 0 Å². The van der Waals surface area contributed by atoms with E-state index in [-0.39, 0.29) is 10.6 Å². The molecule has 0 unspecified atom stereocenters. The summed E-state index contributed by atoms with van der Waals surface area (Å²) in [4.78, 5) is 33.9. The number of nitrogens with one attached hydrogen (secondary N) is 1. The number of nitro groups is 1. The van der Waals surface area contributed by atoms with Crippen molar-refractivity contribution in [2.75, 3.05) is 13.2 Å². The third-order valence-corrected chi connectivity index (χ3v) is 3.81. The van der Waals surface area contributed by atoms with Gasteiger partial charge >= 0.3 is 5.97 Å². The molecule has 1 amide bonds. The summed E-state index contributed by atoms with van der Waals surface area (Å²) in [5, 5.41) is 14.3. The second kappa shape index (κ2) is 9.17. The van der Waals surface area contributed by atoms with Gasteiger partial charge in [0.2, 0.25) is 0 Å². The average molecular weight is 397 g/mol. The molecule has 26 heavy (non-hydrogen) atoms. The van der Waals surface area contributed by atoms with Crippen molar-refractivity contribution in [3.63, 3.8) is 0 Å². The van der Waals surface area contributed by atoms with Crippen LogP contribution in [0.25, 0.3) is 0 Å². The fourth-order valence-electron chi connectivity index (χ4n) is 2.13. The van der Waals surface area contributed by atoms with Crippen molar-refractivity contribution >= 4 is 40.8 Å². The van der Waals surface area contributed by atoms with Crippen LogP contribution >= 0.6 is 23.2 Å². The molecule has 0 radical (unpaired) electrons. The fourth-order valence-corrected chi connectivity index (χ4v) is 2.51. The Kier molecular flexibility index (Phi) is 6.94. The van der Waals surface area contributed by atoms with Gasteiger partial charge in [0.25, 0.3) is 11.6 Å². The highest BCUT2D eigenvalue weighted by molar-refractivity contribution is 6.31. The van der Waals surface area contributed by atoms with Gasteiger partial charge in [0.05, 0.1) is 4.92 Å². The summed E-state index contributed by atoms with van der Waals surface area (Å²) in [5.41, 5.74) is 0.196. The third-order valence-electron chi connectivity index (χ3n) is 3.34. The molecule has 0 bridgehead atoms. The van der Waals surface area contributed by atoms with Crippen molar-refractivity contribution in [1.29, 1.82) is 0 Å². The second-order valence-corrected chi connectivity index (χ2v) is 6.10. The van der Waals surface area contributed by atoms with E-state index in [0.29, 0.717) is 18.0 Å². The molecule has 0 aliphatic heterocycles. The van der Waals surface area contributed by atoms with E-state index in [1.807, 2.05) is 6.07 Å². The molecule has 0 saturated carbocycles. The quantitative estimate of drug-likeness (QED) is 0.439. The monoisotopic (exact) mass is 396 g/mol. The van der Waals surface area contributed by atoms with Crippen molar-refractivity contribution < 1.29 is 19.2 Å². The van der Waals surface area contributed by atoms with E-state index in [4.69, 9.17) is 27.9 Å². The Morgan fingerprint density at radius 2 is 1.85 bits per heavy atom. The molecule has 7 nitrogen and oxygen atoms in total. The molecule has 0 aromatic heterocycles. The van der Waals surface area contributed by atoms with Crippen molar-refractivity contribution in [2.24, 2.45) is 0 Å². The number of hydrogen-bond acceptors (Lipinski definition) is 5. The zero-order valence-electron chi connectivity index (χ0n) is 13.4. The Hall–Kier alpha value is -2.64. The highest BCUT2D eigenvalue weighted by Gasteiger charge is 2.22. The van der Waals surface area contributed by atoms with Crippen LogP contribution in [0.1, 0.15) is 15.9 Å². The SMILES string of the molecule is O=C(COC(=O)c1ccc(Cl)cc1[N+](=O)[O-])NCCc1cccc(Cl)c1. The maximum absolute atomic E-state index is 12.0. The lowest BCUT2D eigenvalue weighted by atomic mass is 10.1. The summed E-state index contributed by atoms with van der Waals surface area (Å²) in [7, 11) is 0. The van der Waals surface area contributed by atoms with E-state index in [1.54, 1.807) is 18.2 Å². The van der Waals surface area contributed by atoms with Gasteiger partial charge in [0.15, 0.2) is 6.61 Å². The fraction of sp³-hybridized carbons (Fsp3) is 0.176.